The third-order valence-electron chi connectivity index (χ3n) is 3.88. The Hall–Kier alpha value is -2.20. The molecule has 0 saturated carbocycles. The van der Waals surface area contributed by atoms with Gasteiger partial charge in [0, 0.05) is 28.9 Å². The molecule has 0 spiro atoms. The molecule has 118 valence electrons. The molecular formula is C16H11F3N2OS. The van der Waals surface area contributed by atoms with Crippen molar-refractivity contribution in [2.75, 3.05) is 6.26 Å². The van der Waals surface area contributed by atoms with Crippen molar-refractivity contribution in [1.29, 1.82) is 5.26 Å². The maximum Gasteiger partial charge on any atom is 0.310 e. The molecule has 23 heavy (non-hydrogen) atoms. The largest absolute Gasteiger partial charge is 0.319 e. The van der Waals surface area contributed by atoms with Gasteiger partial charge in [0.05, 0.1) is 11.1 Å². The number of ketones is 1. The van der Waals surface area contributed by atoms with E-state index in [2.05, 4.69) is 0 Å². The van der Waals surface area contributed by atoms with Gasteiger partial charge in [0.1, 0.15) is 11.9 Å². The molecular weight excluding hydrogens is 325 g/mol. The van der Waals surface area contributed by atoms with Crippen LogP contribution in [0.25, 0.3) is 5.69 Å². The number of nitriles is 1. The van der Waals surface area contributed by atoms with E-state index in [1.54, 1.807) is 23.1 Å². The molecule has 0 atom stereocenters. The van der Waals surface area contributed by atoms with Crippen molar-refractivity contribution in [2.24, 2.45) is 0 Å². The third kappa shape index (κ3) is 2.43. The van der Waals surface area contributed by atoms with Crippen LogP contribution >= 0.6 is 11.8 Å². The van der Waals surface area contributed by atoms with E-state index in [0.29, 0.717) is 16.3 Å². The summed E-state index contributed by atoms with van der Waals surface area (Å²) in [4.78, 5) is 12.5. The molecule has 1 aliphatic rings. The summed E-state index contributed by atoms with van der Waals surface area (Å²) in [6.07, 6.45) is 2.77. The normalized spacial score (nSPS) is 16.0. The number of halogens is 3. The molecule has 1 aromatic carbocycles. The first-order valence-corrected chi connectivity index (χ1v) is 8.02. The lowest BCUT2D eigenvalue weighted by Crippen LogP contribution is -2.34. The monoisotopic (exact) mass is 336 g/mol. The number of benzene rings is 1. The predicted molar refractivity (Wildman–Crippen MR) is 79.8 cm³/mol. The fourth-order valence-corrected chi connectivity index (χ4v) is 3.34. The Balaban J connectivity index is 2.21. The molecule has 1 aliphatic carbocycles. The summed E-state index contributed by atoms with van der Waals surface area (Å²) in [5, 5.41) is 8.93. The van der Waals surface area contributed by atoms with Gasteiger partial charge in [0.2, 0.25) is 5.78 Å². The standard InChI is InChI=1S/C16H11F3N2OS/c1-23-13-8-21(10-2-3-11(17)9(6-10)7-20)12-4-5-16(18,19)15(22)14(12)13/h2-3,6,8H,4-5H2,1H3. The summed E-state index contributed by atoms with van der Waals surface area (Å²) >= 11 is 1.20. The van der Waals surface area contributed by atoms with Crippen molar-refractivity contribution < 1.29 is 18.0 Å². The first-order valence-electron chi connectivity index (χ1n) is 6.80. The van der Waals surface area contributed by atoms with Crippen LogP contribution in [-0.2, 0) is 6.42 Å². The lowest BCUT2D eigenvalue weighted by atomic mass is 9.93. The zero-order valence-corrected chi connectivity index (χ0v) is 12.9. The van der Waals surface area contributed by atoms with Crippen LogP contribution in [0.1, 0.15) is 28.0 Å². The average Bonchev–Trinajstić information content (AvgIpc) is 2.91. The molecule has 2 aromatic rings. The summed E-state index contributed by atoms with van der Waals surface area (Å²) in [6, 6.07) is 5.70. The number of rotatable bonds is 2. The van der Waals surface area contributed by atoms with Crippen molar-refractivity contribution in [1.82, 2.24) is 4.57 Å². The number of nitrogens with zero attached hydrogens (tertiary/aromatic N) is 2. The minimum Gasteiger partial charge on any atom is -0.319 e. The van der Waals surface area contributed by atoms with E-state index in [9.17, 15) is 18.0 Å². The van der Waals surface area contributed by atoms with Crippen LogP contribution < -0.4 is 0 Å². The van der Waals surface area contributed by atoms with Crippen LogP contribution in [-0.4, -0.2) is 22.5 Å². The fourth-order valence-electron chi connectivity index (χ4n) is 2.72. The van der Waals surface area contributed by atoms with Crippen LogP contribution in [0.2, 0.25) is 0 Å². The fraction of sp³-hybridized carbons (Fsp3) is 0.250. The van der Waals surface area contributed by atoms with Crippen molar-refractivity contribution in [3.8, 4) is 11.8 Å². The van der Waals surface area contributed by atoms with Crippen LogP contribution in [0.5, 0.6) is 0 Å². The van der Waals surface area contributed by atoms with E-state index in [1.165, 1.54) is 23.9 Å². The first kappa shape index (κ1) is 15.7. The highest BCUT2D eigenvalue weighted by atomic mass is 32.2. The van der Waals surface area contributed by atoms with Gasteiger partial charge in [-0.1, -0.05) is 0 Å². The Labute approximate surface area is 134 Å². The Morgan fingerprint density at radius 3 is 2.78 bits per heavy atom. The molecule has 7 heteroatoms. The zero-order valence-electron chi connectivity index (χ0n) is 12.1. The summed E-state index contributed by atoms with van der Waals surface area (Å²) in [5.41, 5.74) is 0.831. The summed E-state index contributed by atoms with van der Waals surface area (Å²) in [5.74, 6) is -5.18. The minimum atomic E-state index is -3.36. The predicted octanol–water partition coefficient (Wildman–Crippen LogP) is 3.97. The molecule has 3 nitrogen and oxygen atoms in total. The number of alkyl halides is 2. The molecule has 1 heterocycles. The van der Waals surface area contributed by atoms with Gasteiger partial charge in [-0.15, -0.1) is 11.8 Å². The highest BCUT2D eigenvalue weighted by molar-refractivity contribution is 7.98. The maximum absolute atomic E-state index is 13.7. The molecule has 0 saturated heterocycles. The van der Waals surface area contributed by atoms with E-state index < -0.39 is 23.9 Å². The van der Waals surface area contributed by atoms with Gasteiger partial charge >= 0.3 is 5.92 Å². The van der Waals surface area contributed by atoms with E-state index in [1.807, 2.05) is 0 Å². The summed E-state index contributed by atoms with van der Waals surface area (Å²) < 4.78 is 42.5. The van der Waals surface area contributed by atoms with Crippen LogP contribution in [0.15, 0.2) is 29.3 Å². The third-order valence-corrected chi connectivity index (χ3v) is 4.63. The molecule has 0 unspecified atom stereocenters. The smallest absolute Gasteiger partial charge is 0.310 e. The highest BCUT2D eigenvalue weighted by Crippen LogP contribution is 2.39. The number of Topliss-reactive ketones (excluding diaryl/α,β-unsaturated/α-hetero) is 1. The first-order chi connectivity index (χ1) is 10.9. The molecule has 1 aromatic heterocycles. The molecule has 0 N–H and O–H groups in total. The Kier molecular flexibility index (Phi) is 3.72. The van der Waals surface area contributed by atoms with E-state index in [4.69, 9.17) is 5.26 Å². The number of hydrogen-bond donors (Lipinski definition) is 0. The summed E-state index contributed by atoms with van der Waals surface area (Å²) in [6.45, 7) is 0. The van der Waals surface area contributed by atoms with Crippen LogP contribution in [0.4, 0.5) is 13.2 Å². The SMILES string of the molecule is CSc1cn(-c2ccc(F)c(C#N)c2)c2c1C(=O)C(F)(F)CC2. The molecule has 3 rings (SSSR count). The lowest BCUT2D eigenvalue weighted by Gasteiger charge is -2.22. The molecule has 0 radical (unpaired) electrons. The molecule has 0 amide bonds. The minimum absolute atomic E-state index is 0.0246. The second kappa shape index (κ2) is 5.46. The number of thioether (sulfide) groups is 1. The lowest BCUT2D eigenvalue weighted by molar-refractivity contribution is 0.00144. The Morgan fingerprint density at radius 2 is 2.13 bits per heavy atom. The Bertz CT molecular complexity index is 852. The van der Waals surface area contributed by atoms with E-state index >= 15 is 0 Å². The van der Waals surface area contributed by atoms with Gasteiger partial charge in [-0.05, 0) is 30.9 Å². The van der Waals surface area contributed by atoms with Crippen LogP contribution in [0.3, 0.4) is 0 Å². The number of carbonyl (C=O) groups is 1. The molecule has 0 bridgehead atoms. The Morgan fingerprint density at radius 1 is 1.39 bits per heavy atom. The number of aromatic nitrogens is 1. The number of carbonyl (C=O) groups excluding carboxylic acids is 1. The quantitative estimate of drug-likeness (QED) is 0.780. The van der Waals surface area contributed by atoms with Crippen molar-refractivity contribution in [3.63, 3.8) is 0 Å². The number of hydrogen-bond acceptors (Lipinski definition) is 3. The van der Waals surface area contributed by atoms with Gasteiger partial charge in [-0.3, -0.25) is 4.79 Å². The van der Waals surface area contributed by atoms with Gasteiger partial charge in [-0.25, -0.2) is 4.39 Å². The van der Waals surface area contributed by atoms with Gasteiger partial charge in [-0.2, -0.15) is 14.0 Å². The second-order valence-corrected chi connectivity index (χ2v) is 6.05. The highest BCUT2D eigenvalue weighted by Gasteiger charge is 2.46. The van der Waals surface area contributed by atoms with Crippen molar-refractivity contribution >= 4 is 17.5 Å². The molecule has 0 fully saturated rings. The van der Waals surface area contributed by atoms with Crippen molar-refractivity contribution in [2.45, 2.75) is 23.7 Å². The van der Waals surface area contributed by atoms with E-state index in [-0.39, 0.29) is 17.5 Å². The number of fused-ring (bicyclic) bond motifs is 1. The summed E-state index contributed by atoms with van der Waals surface area (Å²) in [7, 11) is 0. The van der Waals surface area contributed by atoms with Crippen LogP contribution in [0, 0.1) is 17.1 Å². The average molecular weight is 336 g/mol. The second-order valence-electron chi connectivity index (χ2n) is 5.20. The van der Waals surface area contributed by atoms with Crippen molar-refractivity contribution in [3.05, 3.63) is 47.0 Å². The topological polar surface area (TPSA) is 45.8 Å². The zero-order chi connectivity index (χ0) is 16.8. The van der Waals surface area contributed by atoms with Gasteiger partial charge in [0.15, 0.2) is 0 Å². The maximum atomic E-state index is 13.7. The van der Waals surface area contributed by atoms with Gasteiger partial charge < -0.3 is 4.57 Å². The molecule has 0 aliphatic heterocycles. The van der Waals surface area contributed by atoms with Gasteiger partial charge in [0.25, 0.3) is 0 Å². The van der Waals surface area contributed by atoms with E-state index in [0.717, 1.165) is 6.07 Å².